The van der Waals surface area contributed by atoms with Crippen molar-refractivity contribution in [1.82, 2.24) is 9.78 Å². The second-order valence-corrected chi connectivity index (χ2v) is 6.70. The number of hydrogen-bond acceptors (Lipinski definition) is 4. The molecular weight excluding hydrogens is 312 g/mol. The highest BCUT2D eigenvalue weighted by Gasteiger charge is 2.17. The molecule has 0 saturated carbocycles. The van der Waals surface area contributed by atoms with Gasteiger partial charge in [-0.1, -0.05) is 0 Å². The molecule has 3 rings (SSSR count). The van der Waals surface area contributed by atoms with Gasteiger partial charge in [-0.25, -0.2) is 4.68 Å². The Morgan fingerprint density at radius 2 is 2.22 bits per heavy atom. The van der Waals surface area contributed by atoms with Gasteiger partial charge in [-0.3, -0.25) is 9.59 Å². The number of benzene rings is 1. The average molecular weight is 330 g/mol. The number of anilines is 2. The van der Waals surface area contributed by atoms with E-state index < -0.39 is 0 Å². The lowest BCUT2D eigenvalue weighted by Gasteiger charge is -2.13. The van der Waals surface area contributed by atoms with Gasteiger partial charge in [0.25, 0.3) is 5.91 Å². The first-order valence-corrected chi connectivity index (χ1v) is 8.44. The molecule has 120 valence electrons. The molecule has 0 saturated heterocycles. The van der Waals surface area contributed by atoms with Crippen LogP contribution in [0.25, 0.3) is 0 Å². The van der Waals surface area contributed by atoms with Gasteiger partial charge in [0.15, 0.2) is 0 Å². The van der Waals surface area contributed by atoms with Crippen molar-refractivity contribution in [2.75, 3.05) is 16.4 Å². The highest BCUT2D eigenvalue weighted by molar-refractivity contribution is 7.99. The van der Waals surface area contributed by atoms with Crippen molar-refractivity contribution in [1.29, 1.82) is 0 Å². The normalized spacial score (nSPS) is 14.1. The Bertz CT molecular complexity index is 754. The molecule has 0 spiro atoms. The quantitative estimate of drug-likeness (QED) is 0.906. The Labute approximate surface area is 138 Å². The minimum atomic E-state index is -0.223. The van der Waals surface area contributed by atoms with Gasteiger partial charge in [-0.2, -0.15) is 5.10 Å². The highest BCUT2D eigenvalue weighted by atomic mass is 32.2. The van der Waals surface area contributed by atoms with Crippen LogP contribution in [0.15, 0.2) is 35.4 Å². The van der Waals surface area contributed by atoms with E-state index in [1.54, 1.807) is 40.8 Å². The second-order valence-electron chi connectivity index (χ2n) is 5.57. The van der Waals surface area contributed by atoms with Crippen LogP contribution in [0.1, 0.15) is 36.7 Å². The molecule has 6 nitrogen and oxygen atoms in total. The summed E-state index contributed by atoms with van der Waals surface area (Å²) in [5.41, 5.74) is 1.20. The van der Waals surface area contributed by atoms with Crippen molar-refractivity contribution in [2.24, 2.45) is 0 Å². The molecular formula is C16H18N4O2S. The van der Waals surface area contributed by atoms with Crippen LogP contribution in [-0.4, -0.2) is 27.3 Å². The number of aromatic nitrogens is 2. The molecule has 1 aromatic carbocycles. The van der Waals surface area contributed by atoms with E-state index in [4.69, 9.17) is 0 Å². The molecule has 0 atom stereocenters. The molecule has 0 unspecified atom stereocenters. The number of thioether (sulfide) groups is 1. The Morgan fingerprint density at radius 1 is 1.39 bits per heavy atom. The molecule has 2 amide bonds. The molecule has 1 aliphatic rings. The van der Waals surface area contributed by atoms with Crippen molar-refractivity contribution in [3.8, 4) is 0 Å². The van der Waals surface area contributed by atoms with Crippen LogP contribution in [0.4, 0.5) is 11.5 Å². The van der Waals surface area contributed by atoms with E-state index >= 15 is 0 Å². The predicted molar refractivity (Wildman–Crippen MR) is 91.0 cm³/mol. The number of fused-ring (bicyclic) bond motifs is 1. The van der Waals surface area contributed by atoms with Gasteiger partial charge in [0.05, 0.1) is 11.9 Å². The smallest absolute Gasteiger partial charge is 0.256 e. The lowest BCUT2D eigenvalue weighted by atomic mass is 10.2. The first kappa shape index (κ1) is 15.6. The standard InChI is InChI=1S/C16H18N4O2S/c1-10(2)20-14(5-7-17-20)19-16(22)11-3-4-13-12(9-11)18-15(21)6-8-23-13/h3-5,7,9-10H,6,8H2,1-2H3,(H,18,21)(H,19,22). The van der Waals surface area contributed by atoms with Crippen LogP contribution in [0, 0.1) is 0 Å². The largest absolute Gasteiger partial charge is 0.325 e. The third kappa shape index (κ3) is 3.39. The molecule has 1 aliphatic heterocycles. The van der Waals surface area contributed by atoms with E-state index in [0.717, 1.165) is 10.6 Å². The first-order valence-electron chi connectivity index (χ1n) is 7.46. The lowest BCUT2D eigenvalue weighted by Crippen LogP contribution is -2.17. The van der Waals surface area contributed by atoms with Crippen molar-refractivity contribution in [2.45, 2.75) is 31.2 Å². The maximum Gasteiger partial charge on any atom is 0.256 e. The summed E-state index contributed by atoms with van der Waals surface area (Å²) in [6.07, 6.45) is 2.14. The lowest BCUT2D eigenvalue weighted by molar-refractivity contribution is -0.115. The summed E-state index contributed by atoms with van der Waals surface area (Å²) >= 11 is 1.62. The molecule has 0 bridgehead atoms. The number of nitrogens with zero attached hydrogens (tertiary/aromatic N) is 2. The van der Waals surface area contributed by atoms with Gasteiger partial charge in [-0.15, -0.1) is 11.8 Å². The fraction of sp³-hybridized carbons (Fsp3) is 0.312. The van der Waals surface area contributed by atoms with Gasteiger partial charge in [-0.05, 0) is 32.0 Å². The summed E-state index contributed by atoms with van der Waals surface area (Å²) in [5.74, 6) is 1.15. The molecule has 0 aliphatic carbocycles. The second kappa shape index (κ2) is 6.45. The molecule has 23 heavy (non-hydrogen) atoms. The van der Waals surface area contributed by atoms with E-state index in [-0.39, 0.29) is 17.9 Å². The number of carbonyl (C=O) groups excluding carboxylic acids is 2. The average Bonchev–Trinajstić information content (AvgIpc) is 2.88. The molecule has 0 fully saturated rings. The maximum atomic E-state index is 12.5. The monoisotopic (exact) mass is 330 g/mol. The minimum Gasteiger partial charge on any atom is -0.325 e. The highest BCUT2D eigenvalue weighted by Crippen LogP contribution is 2.31. The van der Waals surface area contributed by atoms with Gasteiger partial charge in [0.2, 0.25) is 5.91 Å². The minimum absolute atomic E-state index is 0.0216. The number of nitrogens with one attached hydrogen (secondary N) is 2. The molecule has 2 aromatic rings. The third-order valence-electron chi connectivity index (χ3n) is 3.50. The molecule has 7 heteroatoms. The zero-order chi connectivity index (χ0) is 16.4. The molecule has 0 radical (unpaired) electrons. The van der Waals surface area contributed by atoms with E-state index in [1.807, 2.05) is 19.9 Å². The maximum absolute atomic E-state index is 12.5. The molecule has 2 N–H and O–H groups in total. The van der Waals surface area contributed by atoms with E-state index in [9.17, 15) is 9.59 Å². The summed E-state index contributed by atoms with van der Waals surface area (Å²) in [6.45, 7) is 4.00. The summed E-state index contributed by atoms with van der Waals surface area (Å²) in [4.78, 5) is 25.1. The zero-order valence-electron chi connectivity index (χ0n) is 13.0. The van der Waals surface area contributed by atoms with Crippen LogP contribution in [0.3, 0.4) is 0 Å². The number of carbonyl (C=O) groups is 2. The van der Waals surface area contributed by atoms with E-state index in [2.05, 4.69) is 15.7 Å². The first-order chi connectivity index (χ1) is 11.0. The van der Waals surface area contributed by atoms with Crippen molar-refractivity contribution >= 4 is 35.1 Å². The third-order valence-corrected chi connectivity index (χ3v) is 4.58. The Kier molecular flexibility index (Phi) is 4.38. The van der Waals surface area contributed by atoms with Crippen molar-refractivity contribution < 1.29 is 9.59 Å². The van der Waals surface area contributed by atoms with Gasteiger partial charge < -0.3 is 10.6 Å². The summed E-state index contributed by atoms with van der Waals surface area (Å²) in [6, 6.07) is 7.29. The zero-order valence-corrected chi connectivity index (χ0v) is 13.8. The summed E-state index contributed by atoms with van der Waals surface area (Å²) in [7, 11) is 0. The Morgan fingerprint density at radius 3 is 3.00 bits per heavy atom. The number of rotatable bonds is 3. The number of amides is 2. The van der Waals surface area contributed by atoms with Crippen LogP contribution in [-0.2, 0) is 4.79 Å². The fourth-order valence-corrected chi connectivity index (χ4v) is 3.31. The summed E-state index contributed by atoms with van der Waals surface area (Å²) in [5, 5.41) is 9.91. The topological polar surface area (TPSA) is 76.0 Å². The van der Waals surface area contributed by atoms with Gasteiger partial charge >= 0.3 is 0 Å². The van der Waals surface area contributed by atoms with Crippen molar-refractivity contribution in [3.63, 3.8) is 0 Å². The Hall–Kier alpha value is -2.28. The fourth-order valence-electron chi connectivity index (χ4n) is 2.37. The van der Waals surface area contributed by atoms with Crippen LogP contribution < -0.4 is 10.6 Å². The SMILES string of the molecule is CC(C)n1nccc1NC(=O)c1ccc2c(c1)NC(=O)CCS2. The van der Waals surface area contributed by atoms with E-state index in [1.165, 1.54) is 0 Å². The Balaban J connectivity index is 1.83. The predicted octanol–water partition coefficient (Wildman–Crippen LogP) is 3.15. The molecule has 2 heterocycles. The number of hydrogen-bond donors (Lipinski definition) is 2. The van der Waals surface area contributed by atoms with E-state index in [0.29, 0.717) is 23.5 Å². The molecule has 1 aromatic heterocycles. The summed E-state index contributed by atoms with van der Waals surface area (Å²) < 4.78 is 1.75. The van der Waals surface area contributed by atoms with Gasteiger partial charge in [0, 0.05) is 34.7 Å². The van der Waals surface area contributed by atoms with Crippen LogP contribution >= 0.6 is 11.8 Å². The van der Waals surface area contributed by atoms with Crippen LogP contribution in [0.5, 0.6) is 0 Å². The van der Waals surface area contributed by atoms with Crippen molar-refractivity contribution in [3.05, 3.63) is 36.0 Å². The van der Waals surface area contributed by atoms with Gasteiger partial charge in [0.1, 0.15) is 5.82 Å². The van der Waals surface area contributed by atoms with Crippen LogP contribution in [0.2, 0.25) is 0 Å².